The summed E-state index contributed by atoms with van der Waals surface area (Å²) in [5, 5.41) is 1.95. The van der Waals surface area contributed by atoms with Gasteiger partial charge in [0.1, 0.15) is 5.69 Å². The lowest BCUT2D eigenvalue weighted by Gasteiger charge is -2.26. The van der Waals surface area contributed by atoms with E-state index in [1.54, 1.807) is 17.3 Å². The third-order valence-electron chi connectivity index (χ3n) is 3.56. The summed E-state index contributed by atoms with van der Waals surface area (Å²) < 4.78 is 1.87. The van der Waals surface area contributed by atoms with Crippen molar-refractivity contribution in [3.63, 3.8) is 0 Å². The summed E-state index contributed by atoms with van der Waals surface area (Å²) in [7, 11) is 1.82. The van der Waals surface area contributed by atoms with Gasteiger partial charge in [-0.25, -0.2) is 4.98 Å². The molecule has 0 spiro atoms. The van der Waals surface area contributed by atoms with E-state index in [0.717, 1.165) is 16.9 Å². The number of carbonyl (C=O) groups is 1. The lowest BCUT2D eigenvalue weighted by molar-refractivity contribution is 0.0720. The van der Waals surface area contributed by atoms with Gasteiger partial charge in [-0.2, -0.15) is 0 Å². The lowest BCUT2D eigenvalue weighted by atomic mass is 10.1. The van der Waals surface area contributed by atoms with Gasteiger partial charge in [-0.05, 0) is 18.1 Å². The van der Waals surface area contributed by atoms with E-state index in [1.165, 1.54) is 11.3 Å². The second-order valence-corrected chi connectivity index (χ2v) is 5.72. The van der Waals surface area contributed by atoms with Gasteiger partial charge in [0, 0.05) is 37.2 Å². The van der Waals surface area contributed by atoms with Gasteiger partial charge in [-0.1, -0.05) is 13.0 Å². The summed E-state index contributed by atoms with van der Waals surface area (Å²) in [6.45, 7) is 2.06. The van der Waals surface area contributed by atoms with Gasteiger partial charge in [0.05, 0.1) is 6.04 Å². The fourth-order valence-corrected chi connectivity index (χ4v) is 3.16. The predicted molar refractivity (Wildman–Crippen MR) is 82.4 cm³/mol. The molecule has 0 aromatic carbocycles. The maximum absolute atomic E-state index is 12.6. The van der Waals surface area contributed by atoms with Crippen molar-refractivity contribution in [2.24, 2.45) is 0 Å². The molecule has 0 radical (unpaired) electrons. The van der Waals surface area contributed by atoms with Gasteiger partial charge in [0.25, 0.3) is 5.91 Å². The zero-order valence-corrected chi connectivity index (χ0v) is 12.7. The van der Waals surface area contributed by atoms with Crippen LogP contribution in [0.25, 0.3) is 4.96 Å². The van der Waals surface area contributed by atoms with Gasteiger partial charge >= 0.3 is 0 Å². The highest BCUT2D eigenvalue weighted by Gasteiger charge is 2.23. The highest BCUT2D eigenvalue weighted by molar-refractivity contribution is 7.15. The smallest absolute Gasteiger partial charge is 0.274 e. The predicted octanol–water partition coefficient (Wildman–Crippen LogP) is 3.01. The molecule has 3 rings (SSSR count). The first-order valence-corrected chi connectivity index (χ1v) is 7.68. The molecule has 3 heterocycles. The van der Waals surface area contributed by atoms with Crippen LogP contribution in [0.2, 0.25) is 0 Å². The summed E-state index contributed by atoms with van der Waals surface area (Å²) in [5.41, 5.74) is 1.52. The molecular formula is C15H16N4OS. The number of hydrogen-bond acceptors (Lipinski definition) is 4. The average Bonchev–Trinajstić information content (AvgIpc) is 3.09. The molecule has 0 aliphatic rings. The molecule has 21 heavy (non-hydrogen) atoms. The third kappa shape index (κ3) is 2.54. The van der Waals surface area contributed by atoms with Crippen LogP contribution in [-0.4, -0.2) is 32.2 Å². The maximum atomic E-state index is 12.6. The SMILES string of the molecule is CC[C@@H](c1cccnc1)N(C)C(=O)c1cn2ccsc2n1. The normalized spacial score (nSPS) is 12.5. The number of thiazole rings is 1. The summed E-state index contributed by atoms with van der Waals surface area (Å²) in [6.07, 6.45) is 8.06. The van der Waals surface area contributed by atoms with Crippen LogP contribution in [0.1, 0.15) is 35.4 Å². The third-order valence-corrected chi connectivity index (χ3v) is 4.33. The Hall–Kier alpha value is -2.21. The van der Waals surface area contributed by atoms with Crippen LogP contribution in [-0.2, 0) is 0 Å². The summed E-state index contributed by atoms with van der Waals surface area (Å²) in [4.78, 5) is 23.7. The van der Waals surface area contributed by atoms with Crippen LogP contribution < -0.4 is 0 Å². The topological polar surface area (TPSA) is 50.5 Å². The second-order valence-electron chi connectivity index (χ2n) is 4.85. The van der Waals surface area contributed by atoms with E-state index < -0.39 is 0 Å². The zero-order valence-electron chi connectivity index (χ0n) is 11.9. The van der Waals surface area contributed by atoms with Gasteiger partial charge < -0.3 is 4.90 Å². The minimum atomic E-state index is -0.0680. The van der Waals surface area contributed by atoms with Crippen LogP contribution in [0, 0.1) is 0 Å². The molecule has 0 N–H and O–H groups in total. The highest BCUT2D eigenvalue weighted by atomic mass is 32.1. The Kier molecular flexibility index (Phi) is 3.70. The number of imidazole rings is 1. The van der Waals surface area contributed by atoms with E-state index in [2.05, 4.69) is 16.9 Å². The summed E-state index contributed by atoms with van der Waals surface area (Å²) >= 11 is 1.52. The lowest BCUT2D eigenvalue weighted by Crippen LogP contribution is -2.31. The van der Waals surface area contributed by atoms with E-state index in [9.17, 15) is 4.79 Å². The molecule has 0 aliphatic heterocycles. The number of pyridine rings is 1. The number of aromatic nitrogens is 3. The molecule has 1 atom stereocenters. The number of rotatable bonds is 4. The van der Waals surface area contributed by atoms with Crippen molar-refractivity contribution in [1.29, 1.82) is 0 Å². The minimum absolute atomic E-state index is 0.00550. The van der Waals surface area contributed by atoms with E-state index in [4.69, 9.17) is 0 Å². The van der Waals surface area contributed by atoms with Crippen LogP contribution >= 0.6 is 11.3 Å². The first kappa shape index (κ1) is 13.8. The zero-order chi connectivity index (χ0) is 14.8. The molecule has 3 aromatic rings. The van der Waals surface area contributed by atoms with Crippen LogP contribution in [0.4, 0.5) is 0 Å². The molecule has 0 fully saturated rings. The molecule has 0 saturated carbocycles. The quantitative estimate of drug-likeness (QED) is 0.744. The first-order chi connectivity index (χ1) is 10.2. The molecule has 1 amide bonds. The molecule has 3 aromatic heterocycles. The van der Waals surface area contributed by atoms with Crippen LogP contribution in [0.3, 0.4) is 0 Å². The van der Waals surface area contributed by atoms with Gasteiger partial charge in [0.15, 0.2) is 4.96 Å². The number of nitrogens with zero attached hydrogens (tertiary/aromatic N) is 4. The maximum Gasteiger partial charge on any atom is 0.274 e. The van der Waals surface area contributed by atoms with Crippen molar-refractivity contribution in [1.82, 2.24) is 19.3 Å². The van der Waals surface area contributed by atoms with Crippen LogP contribution in [0.15, 0.2) is 42.3 Å². The van der Waals surface area contributed by atoms with Crippen molar-refractivity contribution in [3.05, 3.63) is 53.6 Å². The number of hydrogen-bond donors (Lipinski definition) is 0. The fourth-order valence-electron chi connectivity index (χ4n) is 2.46. The van der Waals surface area contributed by atoms with Crippen molar-refractivity contribution in [3.8, 4) is 0 Å². The number of carbonyl (C=O) groups excluding carboxylic acids is 1. The van der Waals surface area contributed by atoms with Crippen molar-refractivity contribution in [2.45, 2.75) is 19.4 Å². The second kappa shape index (κ2) is 5.65. The molecule has 0 bridgehead atoms. The molecular weight excluding hydrogens is 284 g/mol. The largest absolute Gasteiger partial charge is 0.333 e. The Labute approximate surface area is 126 Å². The van der Waals surface area contributed by atoms with E-state index in [0.29, 0.717) is 5.69 Å². The van der Waals surface area contributed by atoms with Crippen molar-refractivity contribution >= 4 is 22.2 Å². The average molecular weight is 300 g/mol. The van der Waals surface area contributed by atoms with Gasteiger partial charge in [0.2, 0.25) is 0 Å². The molecule has 0 saturated heterocycles. The number of fused-ring (bicyclic) bond motifs is 1. The van der Waals surface area contributed by atoms with Gasteiger partial charge in [-0.15, -0.1) is 11.3 Å². The Bertz CT molecular complexity index is 721. The van der Waals surface area contributed by atoms with E-state index >= 15 is 0 Å². The number of amides is 1. The Morgan fingerprint density at radius 2 is 2.38 bits per heavy atom. The van der Waals surface area contributed by atoms with Crippen molar-refractivity contribution < 1.29 is 4.79 Å². The van der Waals surface area contributed by atoms with E-state index in [1.807, 2.05) is 41.4 Å². The fraction of sp³-hybridized carbons (Fsp3) is 0.267. The molecule has 5 nitrogen and oxygen atoms in total. The highest BCUT2D eigenvalue weighted by Crippen LogP contribution is 2.24. The Balaban J connectivity index is 1.87. The monoisotopic (exact) mass is 300 g/mol. The van der Waals surface area contributed by atoms with Crippen molar-refractivity contribution in [2.75, 3.05) is 7.05 Å². The molecule has 0 aliphatic carbocycles. The first-order valence-electron chi connectivity index (χ1n) is 6.80. The summed E-state index contributed by atoms with van der Waals surface area (Å²) in [5.74, 6) is -0.0680. The van der Waals surface area contributed by atoms with Gasteiger partial charge in [-0.3, -0.25) is 14.2 Å². The minimum Gasteiger partial charge on any atom is -0.333 e. The molecule has 108 valence electrons. The summed E-state index contributed by atoms with van der Waals surface area (Å²) in [6, 6.07) is 3.89. The Morgan fingerprint density at radius 1 is 1.52 bits per heavy atom. The standard InChI is InChI=1S/C15H16N4OS/c1-3-13(11-5-4-6-16-9-11)18(2)14(20)12-10-19-7-8-21-15(19)17-12/h4-10,13H,3H2,1-2H3/t13-/m0/s1. The van der Waals surface area contributed by atoms with E-state index in [-0.39, 0.29) is 11.9 Å². The van der Waals surface area contributed by atoms with Crippen LogP contribution in [0.5, 0.6) is 0 Å². The Morgan fingerprint density at radius 3 is 3.05 bits per heavy atom. The molecule has 0 unspecified atom stereocenters. The molecule has 6 heteroatoms.